The fourth-order valence-electron chi connectivity index (χ4n) is 3.13. The largest absolute Gasteiger partial charge is 0.481 e. The van der Waals surface area contributed by atoms with Gasteiger partial charge in [-0.05, 0) is 17.2 Å². The summed E-state index contributed by atoms with van der Waals surface area (Å²) in [7, 11) is 1.54. The Balaban J connectivity index is 1.75. The van der Waals surface area contributed by atoms with E-state index in [4.69, 9.17) is 4.74 Å². The zero-order chi connectivity index (χ0) is 17.8. The van der Waals surface area contributed by atoms with E-state index < -0.39 is 6.04 Å². The van der Waals surface area contributed by atoms with Crippen LogP contribution >= 0.6 is 0 Å². The molecule has 1 atom stereocenters. The Kier molecular flexibility index (Phi) is 4.97. The number of hydrogen-bond donors (Lipinski definition) is 1. The summed E-state index contributed by atoms with van der Waals surface area (Å²) in [5.41, 5.74) is 3.00. The minimum atomic E-state index is -0.505. The third kappa shape index (κ3) is 3.63. The molecule has 2 aromatic rings. The molecule has 0 fully saturated rings. The van der Waals surface area contributed by atoms with Crippen molar-refractivity contribution in [3.63, 3.8) is 0 Å². The van der Waals surface area contributed by atoms with E-state index in [9.17, 15) is 9.59 Å². The maximum atomic E-state index is 12.7. The van der Waals surface area contributed by atoms with Crippen molar-refractivity contribution in [2.75, 3.05) is 7.11 Å². The first-order valence-electron chi connectivity index (χ1n) is 8.19. The summed E-state index contributed by atoms with van der Waals surface area (Å²) in [6.07, 6.45) is 2.16. The second kappa shape index (κ2) is 7.34. The molecule has 1 aliphatic rings. The van der Waals surface area contributed by atoms with Gasteiger partial charge in [-0.15, -0.1) is 0 Å². The van der Waals surface area contributed by atoms with Gasteiger partial charge in [0.15, 0.2) is 0 Å². The third-order valence-electron chi connectivity index (χ3n) is 4.45. The fraction of sp³-hybridized carbons (Fsp3) is 0.316. The number of hydrogen-bond acceptors (Lipinski definition) is 4. The van der Waals surface area contributed by atoms with Gasteiger partial charge in [0, 0.05) is 38.2 Å². The van der Waals surface area contributed by atoms with Crippen LogP contribution in [0.25, 0.3) is 0 Å². The summed E-state index contributed by atoms with van der Waals surface area (Å²) in [5.74, 6) is 0.212. The summed E-state index contributed by atoms with van der Waals surface area (Å²) in [5, 5.41) is 2.91. The predicted octanol–water partition coefficient (Wildman–Crippen LogP) is 1.68. The highest BCUT2D eigenvalue weighted by Gasteiger charge is 2.32. The van der Waals surface area contributed by atoms with Gasteiger partial charge in [0.1, 0.15) is 6.04 Å². The van der Waals surface area contributed by atoms with Gasteiger partial charge in [0.25, 0.3) is 0 Å². The van der Waals surface area contributed by atoms with Crippen LogP contribution in [-0.4, -0.2) is 34.8 Å². The van der Waals surface area contributed by atoms with Crippen molar-refractivity contribution in [1.29, 1.82) is 0 Å². The number of rotatable bonds is 4. The lowest BCUT2D eigenvalue weighted by Gasteiger charge is -2.35. The minimum absolute atomic E-state index is 0.103. The van der Waals surface area contributed by atoms with E-state index in [-0.39, 0.29) is 11.8 Å². The number of ether oxygens (including phenoxy) is 1. The van der Waals surface area contributed by atoms with Gasteiger partial charge in [-0.3, -0.25) is 9.59 Å². The average Bonchev–Trinajstić information content (AvgIpc) is 2.65. The molecule has 1 aliphatic heterocycles. The molecule has 25 heavy (non-hydrogen) atoms. The number of fused-ring (bicyclic) bond motifs is 1. The van der Waals surface area contributed by atoms with E-state index >= 15 is 0 Å². The zero-order valence-electron chi connectivity index (χ0n) is 14.4. The number of carbonyl (C=O) groups excluding carboxylic acids is 2. The van der Waals surface area contributed by atoms with Crippen LogP contribution < -0.4 is 10.1 Å². The molecule has 1 aromatic carbocycles. The lowest BCUT2D eigenvalue weighted by Crippen LogP contribution is -2.51. The maximum absolute atomic E-state index is 12.7. The number of carbonyl (C=O) groups is 2. The van der Waals surface area contributed by atoms with Gasteiger partial charge < -0.3 is 15.0 Å². The van der Waals surface area contributed by atoms with Crippen molar-refractivity contribution in [2.24, 2.45) is 0 Å². The molecule has 1 N–H and O–H groups in total. The van der Waals surface area contributed by atoms with Crippen LogP contribution in [0.2, 0.25) is 0 Å². The number of benzene rings is 1. The van der Waals surface area contributed by atoms with Crippen LogP contribution in [0.5, 0.6) is 5.88 Å². The Morgan fingerprint density at radius 2 is 2.00 bits per heavy atom. The van der Waals surface area contributed by atoms with E-state index in [1.54, 1.807) is 24.3 Å². The summed E-state index contributed by atoms with van der Waals surface area (Å²) >= 11 is 0. The van der Waals surface area contributed by atoms with Crippen LogP contribution in [0.3, 0.4) is 0 Å². The predicted molar refractivity (Wildman–Crippen MR) is 92.8 cm³/mol. The fourth-order valence-corrected chi connectivity index (χ4v) is 3.13. The van der Waals surface area contributed by atoms with Crippen molar-refractivity contribution >= 4 is 11.8 Å². The topological polar surface area (TPSA) is 71.5 Å². The zero-order valence-corrected chi connectivity index (χ0v) is 14.4. The first-order chi connectivity index (χ1) is 12.1. The summed E-state index contributed by atoms with van der Waals surface area (Å²) < 4.78 is 5.20. The summed E-state index contributed by atoms with van der Waals surface area (Å²) in [6, 6.07) is 11.1. The monoisotopic (exact) mass is 339 g/mol. The second-order valence-corrected chi connectivity index (χ2v) is 6.03. The van der Waals surface area contributed by atoms with Crippen molar-refractivity contribution in [2.45, 2.75) is 32.5 Å². The van der Waals surface area contributed by atoms with Crippen LogP contribution in [-0.2, 0) is 29.1 Å². The molecule has 0 unspecified atom stereocenters. The first kappa shape index (κ1) is 17.0. The molecular weight excluding hydrogens is 318 g/mol. The highest BCUT2D eigenvalue weighted by molar-refractivity contribution is 5.87. The van der Waals surface area contributed by atoms with Crippen LogP contribution in [0.1, 0.15) is 23.6 Å². The molecule has 6 nitrogen and oxygen atoms in total. The molecule has 0 saturated heterocycles. The summed E-state index contributed by atoms with van der Waals surface area (Å²) in [4.78, 5) is 30.5. The third-order valence-corrected chi connectivity index (χ3v) is 4.45. The smallest absolute Gasteiger partial charge is 0.243 e. The molecule has 0 bridgehead atoms. The molecule has 0 aliphatic carbocycles. The van der Waals surface area contributed by atoms with Gasteiger partial charge in [0.2, 0.25) is 17.7 Å². The SMILES string of the molecule is COc1ncccc1CNC(=O)[C@@H]1Cc2ccccc2CN1C(C)=O. The number of methoxy groups -OCH3 is 1. The van der Waals surface area contributed by atoms with Crippen LogP contribution in [0.15, 0.2) is 42.6 Å². The molecule has 0 spiro atoms. The van der Waals surface area contributed by atoms with Crippen molar-refractivity contribution in [1.82, 2.24) is 15.2 Å². The first-order valence-corrected chi connectivity index (χ1v) is 8.19. The molecule has 0 radical (unpaired) electrons. The normalized spacial score (nSPS) is 16.1. The Morgan fingerprint density at radius 3 is 2.72 bits per heavy atom. The second-order valence-electron chi connectivity index (χ2n) is 6.03. The maximum Gasteiger partial charge on any atom is 0.243 e. The lowest BCUT2D eigenvalue weighted by atomic mass is 9.93. The van der Waals surface area contributed by atoms with Crippen molar-refractivity contribution in [3.05, 3.63) is 59.3 Å². The molecule has 3 rings (SSSR count). The number of aromatic nitrogens is 1. The highest BCUT2D eigenvalue weighted by atomic mass is 16.5. The number of pyridine rings is 1. The molecule has 130 valence electrons. The van der Waals surface area contributed by atoms with Gasteiger partial charge in [-0.25, -0.2) is 4.98 Å². The van der Waals surface area contributed by atoms with Gasteiger partial charge >= 0.3 is 0 Å². The van der Waals surface area contributed by atoms with E-state index in [1.807, 2.05) is 30.3 Å². The van der Waals surface area contributed by atoms with Crippen molar-refractivity contribution < 1.29 is 14.3 Å². The van der Waals surface area contributed by atoms with E-state index in [2.05, 4.69) is 10.3 Å². The van der Waals surface area contributed by atoms with Crippen molar-refractivity contribution in [3.8, 4) is 5.88 Å². The Bertz CT molecular complexity index is 791. The van der Waals surface area contributed by atoms with Gasteiger partial charge in [0.05, 0.1) is 7.11 Å². The molecule has 1 aromatic heterocycles. The Labute approximate surface area is 146 Å². The molecule has 6 heteroatoms. The minimum Gasteiger partial charge on any atom is -0.481 e. The van der Waals surface area contributed by atoms with Crippen LogP contribution in [0, 0.1) is 0 Å². The summed E-state index contributed by atoms with van der Waals surface area (Å²) in [6.45, 7) is 2.26. The standard InChI is InChI=1S/C19H21N3O3/c1-13(23)22-12-16-7-4-3-6-14(16)10-17(22)18(24)21-11-15-8-5-9-20-19(15)25-2/h3-9,17H,10-12H2,1-2H3,(H,21,24)/t17-/m0/s1. The van der Waals surface area contributed by atoms with E-state index in [1.165, 1.54) is 6.92 Å². The number of amides is 2. The Hall–Kier alpha value is -2.89. The number of nitrogens with zero attached hydrogens (tertiary/aromatic N) is 2. The highest BCUT2D eigenvalue weighted by Crippen LogP contribution is 2.23. The van der Waals surface area contributed by atoms with Gasteiger partial charge in [-0.2, -0.15) is 0 Å². The molecule has 2 amide bonds. The Morgan fingerprint density at radius 1 is 1.24 bits per heavy atom. The van der Waals surface area contributed by atoms with Crippen LogP contribution in [0.4, 0.5) is 0 Å². The average molecular weight is 339 g/mol. The molecular formula is C19H21N3O3. The van der Waals surface area contributed by atoms with Gasteiger partial charge in [-0.1, -0.05) is 30.3 Å². The number of nitrogens with one attached hydrogen (secondary N) is 1. The quantitative estimate of drug-likeness (QED) is 0.920. The van der Waals surface area contributed by atoms with E-state index in [0.717, 1.165) is 16.7 Å². The van der Waals surface area contributed by atoms with E-state index in [0.29, 0.717) is 25.4 Å². The molecule has 0 saturated carbocycles. The molecule has 2 heterocycles. The lowest BCUT2D eigenvalue weighted by molar-refractivity contribution is -0.140.